The average Bonchev–Trinajstić information content (AvgIpc) is 1.69. The van der Waals surface area contributed by atoms with Crippen molar-refractivity contribution in [3.63, 3.8) is 0 Å². The molecular weight excluding hydrogens is 88.1 g/mol. The zero-order chi connectivity index (χ0) is 5.54. The van der Waals surface area contributed by atoms with Gasteiger partial charge in [-0.1, -0.05) is 11.8 Å². The third-order valence-corrected chi connectivity index (χ3v) is 0.503. The first kappa shape index (κ1) is 6.52. The zero-order valence-corrected chi connectivity index (χ0v) is 4.53. The molecule has 0 bridgehead atoms. The van der Waals surface area contributed by atoms with Gasteiger partial charge >= 0.3 is 0 Å². The van der Waals surface area contributed by atoms with Crippen molar-refractivity contribution in [1.82, 2.24) is 0 Å². The first-order valence-electron chi connectivity index (χ1n) is 2.24. The van der Waals surface area contributed by atoms with Crippen LogP contribution in [0.5, 0.6) is 0 Å². The number of hydrogen-bond donors (Lipinski definition) is 0. The molecule has 0 unspecified atom stereocenters. The molecule has 0 spiro atoms. The van der Waals surface area contributed by atoms with Crippen LogP contribution in [0.2, 0.25) is 0 Å². The van der Waals surface area contributed by atoms with E-state index in [2.05, 4.69) is 18.8 Å². The third kappa shape index (κ3) is 5.52. The maximum atomic E-state index is 4.86. The third-order valence-electron chi connectivity index (χ3n) is 0.503. The zero-order valence-electron chi connectivity index (χ0n) is 4.53. The summed E-state index contributed by atoms with van der Waals surface area (Å²) in [6.07, 6.45) is 0. The molecule has 0 N–H and O–H groups in total. The normalized spacial score (nSPS) is 7.14. The monoisotopic (exact) mass is 97.1 g/mol. The van der Waals surface area contributed by atoms with Gasteiger partial charge in [-0.15, -0.1) is 0 Å². The molecule has 7 heavy (non-hydrogen) atoms. The van der Waals surface area contributed by atoms with Crippen molar-refractivity contribution in [2.45, 2.75) is 6.92 Å². The van der Waals surface area contributed by atoms with Gasteiger partial charge in [0.15, 0.2) is 0 Å². The van der Waals surface area contributed by atoms with E-state index in [0.717, 1.165) is 6.61 Å². The summed E-state index contributed by atoms with van der Waals surface area (Å²) in [5, 5.41) is 0. The number of rotatable bonds is 2. The molecule has 1 nitrogen and oxygen atoms in total. The molecule has 0 atom stereocenters. The molecule has 0 aromatic heterocycles. The molecule has 0 aromatic rings. The molecule has 0 aromatic carbocycles. The van der Waals surface area contributed by atoms with Crippen LogP contribution in [0.3, 0.4) is 0 Å². The maximum absolute atomic E-state index is 4.86. The van der Waals surface area contributed by atoms with E-state index in [4.69, 9.17) is 4.74 Å². The van der Waals surface area contributed by atoms with Crippen LogP contribution in [0.15, 0.2) is 0 Å². The molecule has 0 saturated carbocycles. The Kier molecular flexibility index (Phi) is 5.14. The molecule has 1 heteroatoms. The van der Waals surface area contributed by atoms with Crippen LogP contribution in [0.4, 0.5) is 0 Å². The van der Waals surface area contributed by atoms with Crippen molar-refractivity contribution in [1.29, 1.82) is 0 Å². The van der Waals surface area contributed by atoms with Gasteiger partial charge in [0, 0.05) is 13.5 Å². The van der Waals surface area contributed by atoms with Gasteiger partial charge in [0.2, 0.25) is 0 Å². The SMILES string of the molecule is [CH2]C#CCOCC. The van der Waals surface area contributed by atoms with Gasteiger partial charge in [-0.3, -0.25) is 0 Å². The number of ether oxygens (including phenoxy) is 1. The lowest BCUT2D eigenvalue weighted by molar-refractivity contribution is 0.182. The van der Waals surface area contributed by atoms with Crippen LogP contribution in [-0.4, -0.2) is 13.2 Å². The highest BCUT2D eigenvalue weighted by atomic mass is 16.5. The lowest BCUT2D eigenvalue weighted by Gasteiger charge is -1.86. The smallest absolute Gasteiger partial charge is 0.107 e. The molecule has 0 rings (SSSR count). The van der Waals surface area contributed by atoms with Gasteiger partial charge in [-0.05, 0) is 6.92 Å². The van der Waals surface area contributed by atoms with Crippen LogP contribution in [0, 0.1) is 18.8 Å². The van der Waals surface area contributed by atoms with E-state index in [-0.39, 0.29) is 0 Å². The standard InChI is InChI=1S/C6H9O/c1-3-5-6-7-4-2/h1,4,6H2,2H3. The van der Waals surface area contributed by atoms with Crippen LogP contribution in [-0.2, 0) is 4.74 Å². The van der Waals surface area contributed by atoms with Crippen molar-refractivity contribution in [2.24, 2.45) is 0 Å². The van der Waals surface area contributed by atoms with Crippen LogP contribution in [0.25, 0.3) is 0 Å². The van der Waals surface area contributed by atoms with Crippen LogP contribution >= 0.6 is 0 Å². The molecule has 0 saturated heterocycles. The van der Waals surface area contributed by atoms with Crippen molar-refractivity contribution in [3.05, 3.63) is 6.92 Å². The molecule has 0 aliphatic rings. The Labute approximate surface area is 44.7 Å². The second kappa shape index (κ2) is 5.52. The maximum Gasteiger partial charge on any atom is 0.107 e. The molecule has 0 aliphatic heterocycles. The molecule has 0 aliphatic carbocycles. The van der Waals surface area contributed by atoms with Gasteiger partial charge in [-0.2, -0.15) is 0 Å². The molecule has 1 radical (unpaired) electrons. The minimum atomic E-state index is 0.514. The predicted molar refractivity (Wildman–Crippen MR) is 29.6 cm³/mol. The highest BCUT2D eigenvalue weighted by Crippen LogP contribution is 1.66. The molecule has 0 heterocycles. The van der Waals surface area contributed by atoms with Gasteiger partial charge in [0.25, 0.3) is 0 Å². The first-order valence-corrected chi connectivity index (χ1v) is 2.24. The summed E-state index contributed by atoms with van der Waals surface area (Å²) in [6, 6.07) is 0. The van der Waals surface area contributed by atoms with E-state index in [1.807, 2.05) is 6.92 Å². The summed E-state index contributed by atoms with van der Waals surface area (Å²) >= 11 is 0. The van der Waals surface area contributed by atoms with E-state index >= 15 is 0 Å². The van der Waals surface area contributed by atoms with Crippen molar-refractivity contribution in [2.75, 3.05) is 13.2 Å². The van der Waals surface area contributed by atoms with E-state index in [1.54, 1.807) is 0 Å². The van der Waals surface area contributed by atoms with Crippen molar-refractivity contribution in [3.8, 4) is 11.8 Å². The second-order valence-electron chi connectivity index (χ2n) is 0.991. The fourth-order valence-corrected chi connectivity index (χ4v) is 0.204. The molecule has 0 amide bonds. The minimum Gasteiger partial charge on any atom is -0.369 e. The van der Waals surface area contributed by atoms with Crippen LogP contribution in [0.1, 0.15) is 6.92 Å². The molecule has 39 valence electrons. The summed E-state index contributed by atoms with van der Waals surface area (Å²) in [4.78, 5) is 0. The summed E-state index contributed by atoms with van der Waals surface area (Å²) in [5.41, 5.74) is 0. The highest BCUT2D eigenvalue weighted by Gasteiger charge is 1.69. The predicted octanol–water partition coefficient (Wildman–Crippen LogP) is 0.860. The highest BCUT2D eigenvalue weighted by molar-refractivity contribution is 5.01. The fourth-order valence-electron chi connectivity index (χ4n) is 0.204. The van der Waals surface area contributed by atoms with E-state index in [9.17, 15) is 0 Å². The second-order valence-corrected chi connectivity index (χ2v) is 0.991. The fraction of sp³-hybridized carbons (Fsp3) is 0.500. The summed E-state index contributed by atoms with van der Waals surface area (Å²) in [5.74, 6) is 5.14. The Hall–Kier alpha value is -0.480. The Morgan fingerprint density at radius 2 is 2.43 bits per heavy atom. The van der Waals surface area contributed by atoms with Gasteiger partial charge < -0.3 is 4.74 Å². The summed E-state index contributed by atoms with van der Waals surface area (Å²) in [7, 11) is 0. The number of hydrogen-bond acceptors (Lipinski definition) is 1. The topological polar surface area (TPSA) is 9.23 Å². The van der Waals surface area contributed by atoms with Gasteiger partial charge in [-0.25, -0.2) is 0 Å². The Balaban J connectivity index is 2.78. The van der Waals surface area contributed by atoms with Crippen molar-refractivity contribution >= 4 is 0 Å². The average molecular weight is 97.1 g/mol. The van der Waals surface area contributed by atoms with Gasteiger partial charge in [0.1, 0.15) is 6.61 Å². The molecule has 0 fully saturated rings. The Morgan fingerprint density at radius 3 is 2.86 bits per heavy atom. The van der Waals surface area contributed by atoms with Crippen molar-refractivity contribution < 1.29 is 4.74 Å². The Morgan fingerprint density at radius 1 is 1.71 bits per heavy atom. The van der Waals surface area contributed by atoms with Gasteiger partial charge in [0.05, 0.1) is 0 Å². The lowest BCUT2D eigenvalue weighted by atomic mass is 10.6. The van der Waals surface area contributed by atoms with E-state index < -0.39 is 0 Å². The first-order chi connectivity index (χ1) is 3.41. The summed E-state index contributed by atoms with van der Waals surface area (Å²) < 4.78 is 4.86. The lowest BCUT2D eigenvalue weighted by Crippen LogP contribution is -1.87. The largest absolute Gasteiger partial charge is 0.369 e. The van der Waals surface area contributed by atoms with E-state index in [1.165, 1.54) is 0 Å². The van der Waals surface area contributed by atoms with E-state index in [0.29, 0.717) is 6.61 Å². The quantitative estimate of drug-likeness (QED) is 0.367. The Bertz CT molecular complexity index is 75.9. The minimum absolute atomic E-state index is 0.514. The van der Waals surface area contributed by atoms with Crippen LogP contribution < -0.4 is 0 Å². The molecular formula is C6H9O. The summed E-state index contributed by atoms with van der Waals surface area (Å²) in [6.45, 7) is 6.50.